The third-order valence-corrected chi connectivity index (χ3v) is 5.04. The van der Waals surface area contributed by atoms with Crippen molar-refractivity contribution in [1.82, 2.24) is 24.6 Å². The summed E-state index contributed by atoms with van der Waals surface area (Å²) in [6, 6.07) is 16.1. The molecule has 33 heavy (non-hydrogen) atoms. The first kappa shape index (κ1) is 21.8. The smallest absolute Gasteiger partial charge is 0.346 e. The van der Waals surface area contributed by atoms with Gasteiger partial charge in [-0.1, -0.05) is 35.9 Å². The molecule has 0 aliphatic heterocycles. The van der Waals surface area contributed by atoms with Crippen LogP contribution in [0.1, 0.15) is 27.2 Å². The largest absolute Gasteiger partial charge is 0.352 e. The van der Waals surface area contributed by atoms with E-state index in [0.29, 0.717) is 5.69 Å². The molecule has 2 aromatic heterocycles. The Balaban J connectivity index is 1.79. The number of hydrogen-bond donors (Lipinski definition) is 1. The molecular weight excluding hydrogens is 425 g/mol. The van der Waals surface area contributed by atoms with E-state index < -0.39 is 28.7 Å². The van der Waals surface area contributed by atoms with Crippen LogP contribution in [0.2, 0.25) is 0 Å². The van der Waals surface area contributed by atoms with Crippen LogP contribution in [0, 0.1) is 12.7 Å². The van der Waals surface area contributed by atoms with Gasteiger partial charge < -0.3 is 5.32 Å². The lowest BCUT2D eigenvalue weighted by Crippen LogP contribution is -2.46. The first-order chi connectivity index (χ1) is 15.9. The number of carbonyl (C=O) groups is 1. The van der Waals surface area contributed by atoms with E-state index in [9.17, 15) is 18.8 Å². The maximum atomic E-state index is 14.2. The molecule has 0 aliphatic rings. The third-order valence-electron chi connectivity index (χ3n) is 5.04. The van der Waals surface area contributed by atoms with Gasteiger partial charge in [-0.15, -0.1) is 0 Å². The van der Waals surface area contributed by atoms with Gasteiger partial charge in [-0.25, -0.2) is 9.18 Å². The molecule has 0 atom stereocenters. The van der Waals surface area contributed by atoms with E-state index in [0.717, 1.165) is 20.4 Å². The van der Waals surface area contributed by atoms with E-state index in [-0.39, 0.29) is 18.7 Å². The summed E-state index contributed by atoms with van der Waals surface area (Å²) >= 11 is 0. The zero-order valence-electron chi connectivity index (χ0n) is 17.7. The van der Waals surface area contributed by atoms with Crippen molar-refractivity contribution in [3.8, 4) is 5.69 Å². The summed E-state index contributed by atoms with van der Waals surface area (Å²) in [6.45, 7) is 1.68. The molecule has 166 valence electrons. The maximum absolute atomic E-state index is 14.2. The van der Waals surface area contributed by atoms with E-state index in [1.54, 1.807) is 54.9 Å². The normalized spacial score (nSPS) is 10.7. The number of rotatable bonds is 6. The van der Waals surface area contributed by atoms with Crippen LogP contribution in [-0.2, 0) is 13.1 Å². The number of benzene rings is 2. The van der Waals surface area contributed by atoms with Gasteiger partial charge in [0.2, 0.25) is 5.69 Å². The molecule has 0 aliphatic carbocycles. The molecule has 0 saturated heterocycles. The lowest BCUT2D eigenvalue weighted by atomic mass is 10.2. The molecule has 0 spiro atoms. The number of pyridine rings is 1. The molecule has 4 rings (SSSR count). The maximum Gasteiger partial charge on any atom is 0.352 e. The van der Waals surface area contributed by atoms with Gasteiger partial charge in [-0.2, -0.15) is 9.78 Å². The van der Waals surface area contributed by atoms with E-state index >= 15 is 0 Å². The topological polar surface area (TPSA) is 98.9 Å². The van der Waals surface area contributed by atoms with Gasteiger partial charge in [0.05, 0.1) is 12.2 Å². The predicted molar refractivity (Wildman–Crippen MR) is 120 cm³/mol. The minimum absolute atomic E-state index is 0.138. The number of nitrogens with zero attached hydrogens (tertiary/aromatic N) is 4. The molecule has 9 heteroatoms. The van der Waals surface area contributed by atoms with Gasteiger partial charge in [0.25, 0.3) is 11.5 Å². The zero-order chi connectivity index (χ0) is 23.4. The molecule has 0 unspecified atom stereocenters. The first-order valence-corrected chi connectivity index (χ1v) is 10.2. The van der Waals surface area contributed by atoms with E-state index in [2.05, 4.69) is 15.4 Å². The summed E-state index contributed by atoms with van der Waals surface area (Å²) in [6.07, 6.45) is 3.16. The highest BCUT2D eigenvalue weighted by molar-refractivity contribution is 5.91. The highest BCUT2D eigenvalue weighted by atomic mass is 19.1. The molecule has 0 saturated carbocycles. The molecule has 0 bridgehead atoms. The summed E-state index contributed by atoms with van der Waals surface area (Å²) in [7, 11) is 0. The molecule has 0 fully saturated rings. The second kappa shape index (κ2) is 9.39. The van der Waals surface area contributed by atoms with Gasteiger partial charge in [0, 0.05) is 24.5 Å². The van der Waals surface area contributed by atoms with Crippen LogP contribution in [0.25, 0.3) is 5.69 Å². The minimum atomic E-state index is -0.904. The van der Waals surface area contributed by atoms with Crippen molar-refractivity contribution in [2.45, 2.75) is 20.0 Å². The Hall–Kier alpha value is -4.40. The second-order valence-corrected chi connectivity index (χ2v) is 7.40. The predicted octanol–water partition coefficient (Wildman–Crippen LogP) is 2.22. The van der Waals surface area contributed by atoms with Crippen molar-refractivity contribution in [2.24, 2.45) is 0 Å². The van der Waals surface area contributed by atoms with E-state index in [1.165, 1.54) is 18.2 Å². The van der Waals surface area contributed by atoms with Crippen LogP contribution < -0.4 is 16.6 Å². The zero-order valence-corrected chi connectivity index (χ0v) is 17.7. The van der Waals surface area contributed by atoms with Gasteiger partial charge >= 0.3 is 5.69 Å². The Bertz CT molecular complexity index is 1410. The fourth-order valence-electron chi connectivity index (χ4n) is 3.21. The average molecular weight is 445 g/mol. The van der Waals surface area contributed by atoms with Crippen molar-refractivity contribution < 1.29 is 9.18 Å². The summed E-state index contributed by atoms with van der Waals surface area (Å²) in [4.78, 5) is 43.0. The highest BCUT2D eigenvalue weighted by Crippen LogP contribution is 2.09. The molecule has 1 N–H and O–H groups in total. The number of aryl methyl sites for hydroxylation is 1. The first-order valence-electron chi connectivity index (χ1n) is 10.2. The van der Waals surface area contributed by atoms with Crippen LogP contribution in [0.15, 0.2) is 82.6 Å². The summed E-state index contributed by atoms with van der Waals surface area (Å²) < 4.78 is 16.0. The van der Waals surface area contributed by atoms with Crippen LogP contribution >= 0.6 is 0 Å². The highest BCUT2D eigenvalue weighted by Gasteiger charge is 2.21. The Morgan fingerprint density at radius 2 is 1.70 bits per heavy atom. The Morgan fingerprint density at radius 3 is 2.39 bits per heavy atom. The average Bonchev–Trinajstić information content (AvgIpc) is 2.83. The standard InChI is InChI=1S/C24H20FN5O3/c1-16-6-8-19(9-7-16)30-24(33)29(15-18-4-2-3-5-20(18)25)23(32)21(28-30)22(31)27-14-17-10-12-26-13-11-17/h2-13H,14-15H2,1H3,(H,27,31). The Labute approximate surface area is 188 Å². The number of carbonyl (C=O) groups excluding carboxylic acids is 1. The monoisotopic (exact) mass is 445 g/mol. The van der Waals surface area contributed by atoms with E-state index in [4.69, 9.17) is 0 Å². The molecule has 8 nitrogen and oxygen atoms in total. The number of hydrogen-bond acceptors (Lipinski definition) is 5. The van der Waals surface area contributed by atoms with Crippen LogP contribution in [0.4, 0.5) is 4.39 Å². The molecule has 0 radical (unpaired) electrons. The summed E-state index contributed by atoms with van der Waals surface area (Å²) in [5.74, 6) is -1.31. The SMILES string of the molecule is Cc1ccc(-n2nc(C(=O)NCc3ccncc3)c(=O)n(Cc3ccccc3F)c2=O)cc1. The van der Waals surface area contributed by atoms with Gasteiger partial charge in [-0.05, 0) is 42.8 Å². The van der Waals surface area contributed by atoms with Crippen molar-refractivity contribution in [1.29, 1.82) is 0 Å². The van der Waals surface area contributed by atoms with Gasteiger partial charge in [-0.3, -0.25) is 19.1 Å². The van der Waals surface area contributed by atoms with Crippen molar-refractivity contribution in [2.75, 3.05) is 0 Å². The molecule has 2 aromatic carbocycles. The quantitative estimate of drug-likeness (QED) is 0.491. The molecule has 1 amide bonds. The summed E-state index contributed by atoms with van der Waals surface area (Å²) in [5.41, 5.74) is 0.0912. The van der Waals surface area contributed by atoms with Crippen LogP contribution in [-0.4, -0.2) is 25.2 Å². The minimum Gasteiger partial charge on any atom is -0.346 e. The fraction of sp³-hybridized carbons (Fsp3) is 0.125. The Morgan fingerprint density at radius 1 is 1.00 bits per heavy atom. The lowest BCUT2D eigenvalue weighted by Gasteiger charge is -2.13. The second-order valence-electron chi connectivity index (χ2n) is 7.40. The lowest BCUT2D eigenvalue weighted by molar-refractivity contribution is 0.0941. The third kappa shape index (κ3) is 4.77. The van der Waals surface area contributed by atoms with Crippen molar-refractivity contribution >= 4 is 5.91 Å². The number of halogens is 1. The van der Waals surface area contributed by atoms with Crippen molar-refractivity contribution in [3.05, 3.63) is 122 Å². The number of amides is 1. The van der Waals surface area contributed by atoms with E-state index in [1.807, 2.05) is 6.92 Å². The number of nitrogens with one attached hydrogen (secondary N) is 1. The fourth-order valence-corrected chi connectivity index (χ4v) is 3.21. The molecular formula is C24H20FN5O3. The molecule has 2 heterocycles. The van der Waals surface area contributed by atoms with Gasteiger partial charge in [0.15, 0.2) is 0 Å². The van der Waals surface area contributed by atoms with Crippen LogP contribution in [0.3, 0.4) is 0 Å². The Kier molecular flexibility index (Phi) is 6.21. The van der Waals surface area contributed by atoms with Gasteiger partial charge in [0.1, 0.15) is 5.82 Å². The van der Waals surface area contributed by atoms with Crippen LogP contribution in [0.5, 0.6) is 0 Å². The molecule has 4 aromatic rings. The van der Waals surface area contributed by atoms with Crippen molar-refractivity contribution in [3.63, 3.8) is 0 Å². The number of aromatic nitrogens is 4. The summed E-state index contributed by atoms with van der Waals surface area (Å²) in [5, 5.41) is 6.70.